The van der Waals surface area contributed by atoms with E-state index in [2.05, 4.69) is 32.6 Å². The van der Waals surface area contributed by atoms with Crippen molar-refractivity contribution in [2.45, 2.75) is 32.2 Å². The average Bonchev–Trinajstić information content (AvgIpc) is 3.27. The Balaban J connectivity index is 1.25. The maximum absolute atomic E-state index is 12.6. The standard InChI is InChI=1S/C21H24N6O3/c1-2-14-3-5-16(6-4-14)30-13-18(28)27-11-8-15(9-12-27)23-21(29)20-19-17(7-10-22-20)24-26-25-19/h3-7,10,15H,2,8-9,11-13H2,1H3,(H,23,29)(H,24,25,26). The van der Waals surface area contributed by atoms with Crippen LogP contribution in [0, 0.1) is 0 Å². The van der Waals surface area contributed by atoms with E-state index in [0.717, 1.165) is 6.42 Å². The predicted molar refractivity (Wildman–Crippen MR) is 110 cm³/mol. The molecule has 0 atom stereocenters. The molecule has 1 fully saturated rings. The van der Waals surface area contributed by atoms with Gasteiger partial charge in [0.15, 0.2) is 12.3 Å². The number of nitrogens with one attached hydrogen (secondary N) is 2. The van der Waals surface area contributed by atoms with Gasteiger partial charge in [0.25, 0.3) is 11.8 Å². The topological polar surface area (TPSA) is 113 Å². The number of carbonyl (C=O) groups excluding carboxylic acids is 2. The lowest BCUT2D eigenvalue weighted by atomic mass is 10.0. The highest BCUT2D eigenvalue weighted by Gasteiger charge is 2.25. The molecule has 0 radical (unpaired) electrons. The molecular weight excluding hydrogens is 384 g/mol. The molecule has 1 aliphatic heterocycles. The molecule has 9 nitrogen and oxygen atoms in total. The Hall–Kier alpha value is -3.49. The van der Waals surface area contributed by atoms with Crippen LogP contribution >= 0.6 is 0 Å². The highest BCUT2D eigenvalue weighted by atomic mass is 16.5. The van der Waals surface area contributed by atoms with Gasteiger partial charge in [0.05, 0.1) is 0 Å². The molecule has 0 aliphatic carbocycles. The molecule has 156 valence electrons. The number of fused-ring (bicyclic) bond motifs is 1. The summed E-state index contributed by atoms with van der Waals surface area (Å²) >= 11 is 0. The first-order chi connectivity index (χ1) is 14.6. The van der Waals surface area contributed by atoms with Crippen molar-refractivity contribution in [1.29, 1.82) is 0 Å². The first kappa shape index (κ1) is 19.8. The van der Waals surface area contributed by atoms with Crippen molar-refractivity contribution in [3.05, 3.63) is 47.8 Å². The van der Waals surface area contributed by atoms with E-state index in [1.807, 2.05) is 24.3 Å². The molecule has 1 aromatic carbocycles. The Kier molecular flexibility index (Phi) is 5.87. The summed E-state index contributed by atoms with van der Waals surface area (Å²) in [5, 5.41) is 13.5. The average molecular weight is 408 g/mol. The Morgan fingerprint density at radius 1 is 1.17 bits per heavy atom. The molecule has 3 heterocycles. The first-order valence-electron chi connectivity index (χ1n) is 10.1. The predicted octanol–water partition coefficient (Wildman–Crippen LogP) is 1.72. The summed E-state index contributed by atoms with van der Waals surface area (Å²) in [6, 6.07) is 9.45. The van der Waals surface area contributed by atoms with Crippen LogP contribution in [0.15, 0.2) is 36.5 Å². The number of aromatic amines is 1. The Morgan fingerprint density at radius 2 is 1.93 bits per heavy atom. The number of likely N-dealkylation sites (tertiary alicyclic amines) is 1. The lowest BCUT2D eigenvalue weighted by molar-refractivity contribution is -0.134. The summed E-state index contributed by atoms with van der Waals surface area (Å²) in [6.45, 7) is 3.25. The third-order valence-electron chi connectivity index (χ3n) is 5.33. The zero-order chi connectivity index (χ0) is 20.9. The van der Waals surface area contributed by atoms with E-state index in [-0.39, 0.29) is 30.2 Å². The first-order valence-corrected chi connectivity index (χ1v) is 10.1. The molecule has 1 aliphatic rings. The summed E-state index contributed by atoms with van der Waals surface area (Å²) in [6.07, 6.45) is 3.86. The summed E-state index contributed by atoms with van der Waals surface area (Å²) in [5.74, 6) is 0.365. The molecule has 30 heavy (non-hydrogen) atoms. The van der Waals surface area contributed by atoms with Gasteiger partial charge in [-0.25, -0.2) is 4.98 Å². The molecule has 2 amide bonds. The number of rotatable bonds is 6. The van der Waals surface area contributed by atoms with Crippen molar-refractivity contribution in [1.82, 2.24) is 30.6 Å². The van der Waals surface area contributed by atoms with Crippen LogP contribution in [0.25, 0.3) is 11.0 Å². The van der Waals surface area contributed by atoms with Gasteiger partial charge in [0.1, 0.15) is 16.8 Å². The number of aromatic nitrogens is 4. The number of pyridine rings is 1. The Labute approximate surface area is 173 Å². The van der Waals surface area contributed by atoms with Crippen molar-refractivity contribution in [2.24, 2.45) is 0 Å². The monoisotopic (exact) mass is 408 g/mol. The third kappa shape index (κ3) is 4.40. The molecule has 0 spiro atoms. The third-order valence-corrected chi connectivity index (χ3v) is 5.33. The summed E-state index contributed by atoms with van der Waals surface area (Å²) in [5.41, 5.74) is 2.53. The molecule has 9 heteroatoms. The van der Waals surface area contributed by atoms with Crippen LogP contribution in [0.3, 0.4) is 0 Å². The van der Waals surface area contributed by atoms with Crippen LogP contribution in [0.1, 0.15) is 35.8 Å². The van der Waals surface area contributed by atoms with Gasteiger partial charge in [0.2, 0.25) is 0 Å². The van der Waals surface area contributed by atoms with Gasteiger partial charge in [-0.1, -0.05) is 19.1 Å². The second-order valence-corrected chi connectivity index (χ2v) is 7.27. The van der Waals surface area contributed by atoms with Gasteiger partial charge in [-0.3, -0.25) is 9.59 Å². The number of piperidine rings is 1. The van der Waals surface area contributed by atoms with Gasteiger partial charge in [-0.05, 0) is 43.0 Å². The largest absolute Gasteiger partial charge is 0.484 e. The van der Waals surface area contributed by atoms with Crippen LogP contribution in [0.5, 0.6) is 5.75 Å². The minimum atomic E-state index is -0.280. The highest BCUT2D eigenvalue weighted by molar-refractivity contribution is 6.02. The lowest BCUT2D eigenvalue weighted by Crippen LogP contribution is -2.47. The Morgan fingerprint density at radius 3 is 2.67 bits per heavy atom. The number of amides is 2. The van der Waals surface area contributed by atoms with Gasteiger partial charge >= 0.3 is 0 Å². The van der Waals surface area contributed by atoms with Crippen LogP contribution in [-0.4, -0.2) is 62.8 Å². The summed E-state index contributed by atoms with van der Waals surface area (Å²) in [7, 11) is 0. The number of ether oxygens (including phenoxy) is 1. The fourth-order valence-corrected chi connectivity index (χ4v) is 3.52. The summed E-state index contributed by atoms with van der Waals surface area (Å²) < 4.78 is 5.62. The van der Waals surface area contributed by atoms with E-state index in [1.54, 1.807) is 11.0 Å². The molecule has 0 unspecified atom stereocenters. The van der Waals surface area contributed by atoms with Gasteiger partial charge in [-0.2, -0.15) is 15.4 Å². The zero-order valence-corrected chi connectivity index (χ0v) is 16.8. The van der Waals surface area contributed by atoms with E-state index in [9.17, 15) is 9.59 Å². The highest BCUT2D eigenvalue weighted by Crippen LogP contribution is 2.16. The maximum Gasteiger partial charge on any atom is 0.272 e. The number of H-pyrrole nitrogens is 1. The van der Waals surface area contributed by atoms with Gasteiger partial charge < -0.3 is 15.0 Å². The molecule has 3 aromatic rings. The van der Waals surface area contributed by atoms with E-state index in [1.165, 1.54) is 11.8 Å². The van der Waals surface area contributed by atoms with Crippen molar-refractivity contribution >= 4 is 22.8 Å². The van der Waals surface area contributed by atoms with E-state index >= 15 is 0 Å². The van der Waals surface area contributed by atoms with Crippen LogP contribution < -0.4 is 10.1 Å². The SMILES string of the molecule is CCc1ccc(OCC(=O)N2CCC(NC(=O)c3nccc4n[nH]nc34)CC2)cc1. The second kappa shape index (κ2) is 8.89. The van der Waals surface area contributed by atoms with Crippen molar-refractivity contribution in [2.75, 3.05) is 19.7 Å². The fraction of sp³-hybridized carbons (Fsp3) is 0.381. The van der Waals surface area contributed by atoms with Crippen LogP contribution in [0.2, 0.25) is 0 Å². The molecule has 2 N–H and O–H groups in total. The van der Waals surface area contributed by atoms with E-state index < -0.39 is 0 Å². The molecular formula is C21H24N6O3. The molecule has 1 saturated heterocycles. The molecule has 0 saturated carbocycles. The molecule has 4 rings (SSSR count). The number of hydrogen-bond donors (Lipinski definition) is 2. The van der Waals surface area contributed by atoms with Gasteiger partial charge in [-0.15, -0.1) is 0 Å². The number of aryl methyl sites for hydroxylation is 1. The van der Waals surface area contributed by atoms with Crippen molar-refractivity contribution in [3.63, 3.8) is 0 Å². The van der Waals surface area contributed by atoms with Crippen molar-refractivity contribution in [3.8, 4) is 5.75 Å². The molecule has 2 aromatic heterocycles. The van der Waals surface area contributed by atoms with Crippen LogP contribution in [-0.2, 0) is 11.2 Å². The fourth-order valence-electron chi connectivity index (χ4n) is 3.52. The van der Waals surface area contributed by atoms with Crippen molar-refractivity contribution < 1.29 is 14.3 Å². The quantitative estimate of drug-likeness (QED) is 0.642. The number of hydrogen-bond acceptors (Lipinski definition) is 6. The number of carbonyl (C=O) groups is 2. The lowest BCUT2D eigenvalue weighted by Gasteiger charge is -2.32. The second-order valence-electron chi connectivity index (χ2n) is 7.27. The summed E-state index contributed by atoms with van der Waals surface area (Å²) in [4.78, 5) is 30.9. The normalized spacial score (nSPS) is 14.6. The van der Waals surface area contributed by atoms with E-state index in [4.69, 9.17) is 4.74 Å². The Bertz CT molecular complexity index is 1020. The van der Waals surface area contributed by atoms with E-state index in [0.29, 0.717) is 42.7 Å². The number of nitrogens with zero attached hydrogens (tertiary/aromatic N) is 4. The maximum atomic E-state index is 12.6. The number of benzene rings is 1. The van der Waals surface area contributed by atoms with Gasteiger partial charge in [0, 0.05) is 25.3 Å². The minimum absolute atomic E-state index is 0.0145. The smallest absolute Gasteiger partial charge is 0.272 e. The zero-order valence-electron chi connectivity index (χ0n) is 16.8. The van der Waals surface area contributed by atoms with Crippen LogP contribution in [0.4, 0.5) is 0 Å². The molecule has 0 bridgehead atoms. The minimum Gasteiger partial charge on any atom is -0.484 e.